The van der Waals surface area contributed by atoms with Crippen molar-refractivity contribution in [2.24, 2.45) is 5.92 Å². The molecule has 3 nitrogen and oxygen atoms in total. The molecule has 0 bridgehead atoms. The fourth-order valence-corrected chi connectivity index (χ4v) is 2.16. The Morgan fingerprint density at radius 1 is 1.26 bits per heavy atom. The van der Waals surface area contributed by atoms with E-state index < -0.39 is 0 Å². The summed E-state index contributed by atoms with van der Waals surface area (Å²) in [4.78, 5) is 4.32. The molecule has 2 aromatic rings. The zero-order valence-corrected chi connectivity index (χ0v) is 12.2. The minimum absolute atomic E-state index is 0.636. The quantitative estimate of drug-likeness (QED) is 0.888. The minimum Gasteiger partial charge on any atom is -0.443 e. The smallest absolute Gasteiger partial charge is 0.181 e. The number of benzene rings is 1. The number of nitrogens with one attached hydrogen (secondary N) is 1. The second kappa shape index (κ2) is 6.02. The summed E-state index contributed by atoms with van der Waals surface area (Å²) >= 11 is 0. The predicted octanol–water partition coefficient (Wildman–Crippen LogP) is 3.70. The van der Waals surface area contributed by atoms with Crippen LogP contribution < -0.4 is 5.32 Å². The van der Waals surface area contributed by atoms with Gasteiger partial charge in [0.1, 0.15) is 5.69 Å². The fraction of sp³-hybridized carbons (Fsp3) is 0.438. The number of hydrogen-bond acceptors (Lipinski definition) is 3. The van der Waals surface area contributed by atoms with Crippen molar-refractivity contribution < 1.29 is 4.42 Å². The summed E-state index contributed by atoms with van der Waals surface area (Å²) in [6.45, 7) is 10.3. The van der Waals surface area contributed by atoms with Gasteiger partial charge >= 0.3 is 0 Å². The average Bonchev–Trinajstić information content (AvgIpc) is 2.77. The zero-order chi connectivity index (χ0) is 13.8. The van der Waals surface area contributed by atoms with Crippen molar-refractivity contribution in [1.29, 1.82) is 0 Å². The zero-order valence-electron chi connectivity index (χ0n) is 12.2. The third-order valence-electron chi connectivity index (χ3n) is 3.11. The third-order valence-corrected chi connectivity index (χ3v) is 3.11. The highest BCUT2D eigenvalue weighted by molar-refractivity contribution is 5.64. The maximum atomic E-state index is 5.58. The van der Waals surface area contributed by atoms with Gasteiger partial charge < -0.3 is 9.73 Å². The number of hydrogen-bond donors (Lipinski definition) is 1. The Labute approximate surface area is 115 Å². The van der Waals surface area contributed by atoms with Crippen LogP contribution in [0.4, 0.5) is 0 Å². The van der Waals surface area contributed by atoms with E-state index in [2.05, 4.69) is 56.2 Å². The van der Waals surface area contributed by atoms with Crippen LogP contribution in [0, 0.1) is 19.8 Å². The predicted molar refractivity (Wildman–Crippen MR) is 78.0 cm³/mol. The van der Waals surface area contributed by atoms with Gasteiger partial charge in [0.25, 0.3) is 0 Å². The minimum atomic E-state index is 0.636. The Bertz CT molecular complexity index is 543. The van der Waals surface area contributed by atoms with E-state index in [0.717, 1.165) is 30.1 Å². The van der Waals surface area contributed by atoms with E-state index in [0.29, 0.717) is 5.92 Å². The van der Waals surface area contributed by atoms with Crippen molar-refractivity contribution in [2.75, 3.05) is 6.54 Å². The van der Waals surface area contributed by atoms with Gasteiger partial charge in [-0.2, -0.15) is 0 Å². The molecule has 1 aromatic heterocycles. The summed E-state index contributed by atoms with van der Waals surface area (Å²) in [5.74, 6) is 1.52. The molecule has 0 amide bonds. The number of aromatic nitrogens is 1. The Morgan fingerprint density at radius 3 is 2.74 bits per heavy atom. The van der Waals surface area contributed by atoms with Gasteiger partial charge in [0.05, 0.1) is 0 Å². The van der Waals surface area contributed by atoms with Crippen LogP contribution in [-0.4, -0.2) is 11.5 Å². The average molecular weight is 258 g/mol. The van der Waals surface area contributed by atoms with Gasteiger partial charge in [-0.15, -0.1) is 0 Å². The second-order valence-electron chi connectivity index (χ2n) is 5.47. The van der Waals surface area contributed by atoms with E-state index >= 15 is 0 Å². The molecule has 1 heterocycles. The Morgan fingerprint density at radius 2 is 2.05 bits per heavy atom. The normalized spacial score (nSPS) is 11.2. The van der Waals surface area contributed by atoms with E-state index in [4.69, 9.17) is 4.42 Å². The molecule has 0 spiro atoms. The summed E-state index contributed by atoms with van der Waals surface area (Å²) in [7, 11) is 0. The van der Waals surface area contributed by atoms with Gasteiger partial charge in [-0.05, 0) is 31.9 Å². The van der Waals surface area contributed by atoms with Crippen molar-refractivity contribution in [3.8, 4) is 11.3 Å². The maximum absolute atomic E-state index is 5.58. The van der Waals surface area contributed by atoms with Crippen molar-refractivity contribution in [3.05, 3.63) is 41.4 Å². The number of nitrogens with zero attached hydrogens (tertiary/aromatic N) is 1. The standard InChI is InChI=1S/C16H22N2O/c1-11(2)8-17-9-15-16(19-10-18-15)14-6-5-12(3)7-13(14)4/h5-7,10-11,17H,8-9H2,1-4H3. The first-order chi connectivity index (χ1) is 9.08. The van der Waals surface area contributed by atoms with Gasteiger partial charge in [0, 0.05) is 12.1 Å². The highest BCUT2D eigenvalue weighted by Crippen LogP contribution is 2.27. The van der Waals surface area contributed by atoms with Crippen LogP contribution in [0.3, 0.4) is 0 Å². The molecule has 0 radical (unpaired) electrons. The Hall–Kier alpha value is -1.61. The molecule has 0 atom stereocenters. The highest BCUT2D eigenvalue weighted by atomic mass is 16.3. The van der Waals surface area contributed by atoms with E-state index in [1.54, 1.807) is 0 Å². The SMILES string of the molecule is Cc1ccc(-c2ocnc2CNCC(C)C)c(C)c1. The molecule has 1 N–H and O–H groups in total. The summed E-state index contributed by atoms with van der Waals surface area (Å²) in [5.41, 5.74) is 4.60. The molecular weight excluding hydrogens is 236 g/mol. The van der Waals surface area contributed by atoms with E-state index in [9.17, 15) is 0 Å². The lowest BCUT2D eigenvalue weighted by atomic mass is 10.0. The monoisotopic (exact) mass is 258 g/mol. The second-order valence-corrected chi connectivity index (χ2v) is 5.47. The van der Waals surface area contributed by atoms with Crippen LogP contribution in [0.2, 0.25) is 0 Å². The summed E-state index contributed by atoms with van der Waals surface area (Å²) in [5, 5.41) is 3.41. The van der Waals surface area contributed by atoms with Crippen molar-refractivity contribution in [2.45, 2.75) is 34.2 Å². The number of oxazole rings is 1. The van der Waals surface area contributed by atoms with Gasteiger partial charge in [0.2, 0.25) is 0 Å². The molecule has 1 aromatic carbocycles. The van der Waals surface area contributed by atoms with Crippen LogP contribution in [0.1, 0.15) is 30.7 Å². The van der Waals surface area contributed by atoms with E-state index in [-0.39, 0.29) is 0 Å². The lowest BCUT2D eigenvalue weighted by molar-refractivity contribution is 0.545. The van der Waals surface area contributed by atoms with Gasteiger partial charge in [-0.3, -0.25) is 0 Å². The van der Waals surface area contributed by atoms with Crippen molar-refractivity contribution in [1.82, 2.24) is 10.3 Å². The number of aryl methyl sites for hydroxylation is 2. The summed E-state index contributed by atoms with van der Waals surface area (Å²) in [6.07, 6.45) is 1.53. The molecule has 0 saturated heterocycles. The molecule has 102 valence electrons. The van der Waals surface area contributed by atoms with E-state index in [1.807, 2.05) is 0 Å². The maximum Gasteiger partial charge on any atom is 0.181 e. The fourth-order valence-electron chi connectivity index (χ4n) is 2.16. The Kier molecular flexibility index (Phi) is 4.38. The van der Waals surface area contributed by atoms with Crippen molar-refractivity contribution in [3.63, 3.8) is 0 Å². The van der Waals surface area contributed by atoms with Gasteiger partial charge in [0.15, 0.2) is 12.2 Å². The molecular formula is C16H22N2O. The van der Waals surface area contributed by atoms with Crippen LogP contribution >= 0.6 is 0 Å². The third kappa shape index (κ3) is 3.44. The molecule has 0 aliphatic carbocycles. The molecule has 0 unspecified atom stereocenters. The first-order valence-corrected chi connectivity index (χ1v) is 6.78. The Balaban J connectivity index is 2.19. The molecule has 0 aliphatic heterocycles. The first kappa shape index (κ1) is 13.8. The summed E-state index contributed by atoms with van der Waals surface area (Å²) < 4.78 is 5.58. The molecule has 19 heavy (non-hydrogen) atoms. The molecule has 0 aliphatic rings. The molecule has 0 fully saturated rings. The summed E-state index contributed by atoms with van der Waals surface area (Å²) in [6, 6.07) is 6.39. The first-order valence-electron chi connectivity index (χ1n) is 6.78. The van der Waals surface area contributed by atoms with Gasteiger partial charge in [-0.1, -0.05) is 37.6 Å². The number of rotatable bonds is 5. The van der Waals surface area contributed by atoms with Crippen LogP contribution in [0.15, 0.2) is 29.0 Å². The molecule has 0 saturated carbocycles. The lowest BCUT2D eigenvalue weighted by Crippen LogP contribution is -2.19. The highest BCUT2D eigenvalue weighted by Gasteiger charge is 2.12. The van der Waals surface area contributed by atoms with E-state index in [1.165, 1.54) is 17.5 Å². The topological polar surface area (TPSA) is 38.1 Å². The molecule has 3 heteroatoms. The van der Waals surface area contributed by atoms with Crippen LogP contribution in [0.5, 0.6) is 0 Å². The van der Waals surface area contributed by atoms with Crippen LogP contribution in [0.25, 0.3) is 11.3 Å². The largest absolute Gasteiger partial charge is 0.443 e. The van der Waals surface area contributed by atoms with Crippen molar-refractivity contribution >= 4 is 0 Å². The van der Waals surface area contributed by atoms with Crippen LogP contribution in [-0.2, 0) is 6.54 Å². The lowest BCUT2D eigenvalue weighted by Gasteiger charge is -2.08. The molecule has 2 rings (SSSR count). The van der Waals surface area contributed by atoms with Gasteiger partial charge in [-0.25, -0.2) is 4.98 Å².